The molecule has 1 aromatic carbocycles. The van der Waals surface area contributed by atoms with Crippen LogP contribution >= 0.6 is 0 Å². The average Bonchev–Trinajstić information content (AvgIpc) is 2.81. The lowest BCUT2D eigenvalue weighted by atomic mass is 10.2. The second-order valence-corrected chi connectivity index (χ2v) is 3.49. The molecular weight excluding hydrogens is 230 g/mol. The molecule has 0 amide bonds. The van der Waals surface area contributed by atoms with E-state index in [4.69, 9.17) is 17.2 Å². The highest BCUT2D eigenvalue weighted by molar-refractivity contribution is 5.93. The van der Waals surface area contributed by atoms with Gasteiger partial charge in [-0.1, -0.05) is 12.1 Å². The number of aromatic nitrogens is 2. The van der Waals surface area contributed by atoms with Gasteiger partial charge in [-0.2, -0.15) is 4.99 Å². The third-order valence-corrected chi connectivity index (χ3v) is 2.11. The highest BCUT2D eigenvalue weighted by atomic mass is 15.1. The highest BCUT2D eigenvalue weighted by Gasteiger charge is 2.00. The number of guanidine groups is 2. The van der Waals surface area contributed by atoms with E-state index in [1.54, 1.807) is 18.5 Å². The number of nitrogens with two attached hydrogens (primary N) is 3. The highest BCUT2D eigenvalue weighted by Crippen LogP contribution is 2.20. The maximum Gasteiger partial charge on any atom is 0.223 e. The molecule has 0 bridgehead atoms. The zero-order valence-electron chi connectivity index (χ0n) is 9.54. The molecule has 7 N–H and O–H groups in total. The smallest absolute Gasteiger partial charge is 0.223 e. The Morgan fingerprint density at radius 1 is 1.22 bits per heavy atom. The van der Waals surface area contributed by atoms with E-state index in [1.807, 2.05) is 18.2 Å². The lowest BCUT2D eigenvalue weighted by Crippen LogP contribution is -2.26. The van der Waals surface area contributed by atoms with E-state index in [2.05, 4.69) is 20.0 Å². The summed E-state index contributed by atoms with van der Waals surface area (Å²) in [6, 6.07) is 7.38. The maximum atomic E-state index is 5.55. The Hall–Kier alpha value is -2.83. The Kier molecular flexibility index (Phi) is 3.24. The fraction of sp³-hybridized carbons (Fsp3) is 0. The number of imidazole rings is 1. The molecule has 2 rings (SSSR count). The van der Waals surface area contributed by atoms with Crippen LogP contribution in [0.3, 0.4) is 0 Å². The minimum absolute atomic E-state index is 0.00611. The summed E-state index contributed by atoms with van der Waals surface area (Å²) >= 11 is 0. The minimum atomic E-state index is -0.126. The number of nitrogens with one attached hydrogen (secondary N) is 1. The van der Waals surface area contributed by atoms with Crippen molar-refractivity contribution in [2.45, 2.75) is 0 Å². The fourth-order valence-electron chi connectivity index (χ4n) is 1.44. The van der Waals surface area contributed by atoms with E-state index >= 15 is 0 Å². The van der Waals surface area contributed by atoms with Gasteiger partial charge >= 0.3 is 0 Å². The molecule has 0 spiro atoms. The fourth-order valence-corrected chi connectivity index (χ4v) is 1.44. The van der Waals surface area contributed by atoms with Crippen LogP contribution in [0.1, 0.15) is 0 Å². The lowest BCUT2D eigenvalue weighted by Gasteiger charge is -1.99. The largest absolute Gasteiger partial charge is 0.370 e. The summed E-state index contributed by atoms with van der Waals surface area (Å²) in [4.78, 5) is 14.9. The minimum Gasteiger partial charge on any atom is -0.370 e. The monoisotopic (exact) mass is 243 g/mol. The number of H-pyrrole nitrogens is 1. The van der Waals surface area contributed by atoms with Crippen molar-refractivity contribution >= 4 is 17.6 Å². The van der Waals surface area contributed by atoms with Crippen molar-refractivity contribution in [3.63, 3.8) is 0 Å². The second kappa shape index (κ2) is 5.00. The number of aromatic amines is 1. The Morgan fingerprint density at radius 2 is 2.06 bits per heavy atom. The first-order chi connectivity index (χ1) is 8.65. The van der Waals surface area contributed by atoms with Gasteiger partial charge < -0.3 is 22.2 Å². The van der Waals surface area contributed by atoms with Crippen molar-refractivity contribution in [3.8, 4) is 11.4 Å². The molecular formula is C11H13N7. The van der Waals surface area contributed by atoms with E-state index in [9.17, 15) is 0 Å². The van der Waals surface area contributed by atoms with Crippen molar-refractivity contribution in [1.29, 1.82) is 0 Å². The summed E-state index contributed by atoms with van der Waals surface area (Å²) in [5.41, 5.74) is 17.5. The van der Waals surface area contributed by atoms with E-state index < -0.39 is 0 Å². The summed E-state index contributed by atoms with van der Waals surface area (Å²) in [6.45, 7) is 0. The molecule has 0 unspecified atom stereocenters. The van der Waals surface area contributed by atoms with Gasteiger partial charge in [0.05, 0.1) is 5.69 Å². The van der Waals surface area contributed by atoms with Crippen molar-refractivity contribution in [2.24, 2.45) is 27.2 Å². The third kappa shape index (κ3) is 2.85. The first-order valence-corrected chi connectivity index (χ1v) is 5.19. The molecule has 1 aromatic heterocycles. The summed E-state index contributed by atoms with van der Waals surface area (Å²) in [6.07, 6.45) is 3.43. The van der Waals surface area contributed by atoms with Crippen LogP contribution in [0.4, 0.5) is 5.69 Å². The summed E-state index contributed by atoms with van der Waals surface area (Å²) in [5.74, 6) is 0.637. The number of aliphatic imine (C=N–C) groups is 2. The molecule has 0 aliphatic heterocycles. The van der Waals surface area contributed by atoms with Gasteiger partial charge in [0.1, 0.15) is 5.82 Å². The molecule has 18 heavy (non-hydrogen) atoms. The van der Waals surface area contributed by atoms with Crippen molar-refractivity contribution < 1.29 is 0 Å². The number of nitrogens with zero attached hydrogens (tertiary/aromatic N) is 3. The third-order valence-electron chi connectivity index (χ3n) is 2.11. The summed E-state index contributed by atoms with van der Waals surface area (Å²) in [5, 5.41) is 0. The van der Waals surface area contributed by atoms with Crippen LogP contribution in [-0.4, -0.2) is 21.9 Å². The molecule has 0 aliphatic carbocycles. The molecule has 92 valence electrons. The van der Waals surface area contributed by atoms with Gasteiger partial charge in [0, 0.05) is 18.0 Å². The van der Waals surface area contributed by atoms with Crippen LogP contribution in [0.5, 0.6) is 0 Å². The Morgan fingerprint density at radius 3 is 2.72 bits per heavy atom. The van der Waals surface area contributed by atoms with E-state index in [-0.39, 0.29) is 11.9 Å². The zero-order chi connectivity index (χ0) is 13.0. The molecule has 7 heteroatoms. The molecule has 7 nitrogen and oxygen atoms in total. The maximum absolute atomic E-state index is 5.55. The molecule has 0 atom stereocenters. The molecule has 0 aliphatic rings. The predicted molar refractivity (Wildman–Crippen MR) is 71.1 cm³/mol. The number of rotatable bonds is 2. The van der Waals surface area contributed by atoms with Gasteiger partial charge in [-0.05, 0) is 12.1 Å². The zero-order valence-corrected chi connectivity index (χ0v) is 9.54. The molecule has 0 fully saturated rings. The normalized spacial score (nSPS) is 11.2. The van der Waals surface area contributed by atoms with Crippen LogP contribution in [0.2, 0.25) is 0 Å². The number of hydrogen-bond acceptors (Lipinski definition) is 2. The van der Waals surface area contributed by atoms with Gasteiger partial charge in [0.2, 0.25) is 5.96 Å². The van der Waals surface area contributed by atoms with Crippen molar-refractivity contribution in [2.75, 3.05) is 0 Å². The predicted octanol–water partition coefficient (Wildman–Crippen LogP) is 0.296. The first kappa shape index (κ1) is 11.6. The lowest BCUT2D eigenvalue weighted by molar-refractivity contribution is 1.30. The molecule has 1 heterocycles. The Bertz CT molecular complexity index is 579. The topological polar surface area (TPSA) is 131 Å². The van der Waals surface area contributed by atoms with Crippen LogP contribution < -0.4 is 17.2 Å². The van der Waals surface area contributed by atoms with Gasteiger partial charge in [0.25, 0.3) is 0 Å². The molecule has 2 aromatic rings. The summed E-state index contributed by atoms with van der Waals surface area (Å²) in [7, 11) is 0. The van der Waals surface area contributed by atoms with Gasteiger partial charge in [0.15, 0.2) is 5.96 Å². The Balaban J connectivity index is 2.31. The molecule has 0 radical (unpaired) electrons. The quantitative estimate of drug-likeness (QED) is 0.446. The standard InChI is InChI=1S/C11H13N7/c12-10(13)18-11(14)17-8-3-1-2-7(6-8)9-15-4-5-16-9/h1-6H,(H,15,16)(H6,12,13,14,17,18). The van der Waals surface area contributed by atoms with Crippen LogP contribution in [0.25, 0.3) is 11.4 Å². The van der Waals surface area contributed by atoms with Gasteiger partial charge in [-0.15, -0.1) is 0 Å². The number of hydrogen-bond donors (Lipinski definition) is 4. The van der Waals surface area contributed by atoms with Crippen molar-refractivity contribution in [3.05, 3.63) is 36.7 Å². The Labute approximate surface area is 103 Å². The molecule has 0 saturated carbocycles. The van der Waals surface area contributed by atoms with Crippen LogP contribution in [-0.2, 0) is 0 Å². The van der Waals surface area contributed by atoms with Gasteiger partial charge in [-0.3, -0.25) is 0 Å². The first-order valence-electron chi connectivity index (χ1n) is 5.19. The number of benzene rings is 1. The van der Waals surface area contributed by atoms with E-state index in [0.29, 0.717) is 5.69 Å². The van der Waals surface area contributed by atoms with Crippen LogP contribution in [0.15, 0.2) is 46.6 Å². The second-order valence-electron chi connectivity index (χ2n) is 3.49. The average molecular weight is 243 g/mol. The van der Waals surface area contributed by atoms with Crippen LogP contribution in [0, 0.1) is 0 Å². The van der Waals surface area contributed by atoms with E-state index in [0.717, 1.165) is 11.4 Å². The SMILES string of the molecule is NC(N)=NC(N)=Nc1cccc(-c2ncc[nH]2)c1. The van der Waals surface area contributed by atoms with Crippen molar-refractivity contribution in [1.82, 2.24) is 9.97 Å². The van der Waals surface area contributed by atoms with Gasteiger partial charge in [-0.25, -0.2) is 9.98 Å². The van der Waals surface area contributed by atoms with E-state index in [1.165, 1.54) is 0 Å². The summed E-state index contributed by atoms with van der Waals surface area (Å²) < 4.78 is 0. The molecule has 0 saturated heterocycles.